The Labute approximate surface area is 118 Å². The molecule has 1 aromatic carbocycles. The fourth-order valence-corrected chi connectivity index (χ4v) is 1.90. The highest BCUT2D eigenvalue weighted by atomic mass is 15.3. The van der Waals surface area contributed by atoms with Gasteiger partial charge in [0.25, 0.3) is 0 Å². The van der Waals surface area contributed by atoms with Crippen LogP contribution in [-0.4, -0.2) is 37.6 Å². The summed E-state index contributed by atoms with van der Waals surface area (Å²) in [5, 5.41) is 8.60. The number of piperazine rings is 1. The molecule has 0 radical (unpaired) electrons. The van der Waals surface area contributed by atoms with E-state index in [1.165, 1.54) is 5.69 Å². The highest BCUT2D eigenvalue weighted by molar-refractivity contribution is 5.46. The van der Waals surface area contributed by atoms with Crippen molar-refractivity contribution in [1.82, 2.24) is 4.90 Å². The quantitative estimate of drug-likeness (QED) is 0.765. The molecule has 2 rings (SSSR count). The molecule has 0 bridgehead atoms. The zero-order valence-electron chi connectivity index (χ0n) is 12.8. The van der Waals surface area contributed by atoms with Crippen LogP contribution in [0.4, 0.5) is 5.69 Å². The zero-order chi connectivity index (χ0) is 14.5. The lowest BCUT2D eigenvalue weighted by Crippen LogP contribution is -2.46. The van der Waals surface area contributed by atoms with Crippen molar-refractivity contribution in [2.75, 3.05) is 37.6 Å². The first-order chi connectivity index (χ1) is 9.40. The molecule has 0 unspecified atom stereocenters. The van der Waals surface area contributed by atoms with Crippen LogP contribution in [0.25, 0.3) is 0 Å². The lowest BCUT2D eigenvalue weighted by Gasteiger charge is -2.34. The van der Waals surface area contributed by atoms with E-state index in [4.69, 9.17) is 5.26 Å². The molecular formula is C16H27N3. The van der Waals surface area contributed by atoms with Crippen molar-refractivity contribution in [3.05, 3.63) is 30.3 Å². The molecule has 19 heavy (non-hydrogen) atoms. The molecule has 0 aliphatic carbocycles. The highest BCUT2D eigenvalue weighted by Gasteiger charge is 2.15. The fraction of sp³-hybridized carbons (Fsp3) is 0.562. The summed E-state index contributed by atoms with van der Waals surface area (Å²) in [6.07, 6.45) is 0. The predicted octanol–water partition coefficient (Wildman–Crippen LogP) is 3.38. The van der Waals surface area contributed by atoms with Gasteiger partial charge in [-0.25, -0.2) is 0 Å². The van der Waals surface area contributed by atoms with E-state index in [9.17, 15) is 0 Å². The summed E-state index contributed by atoms with van der Waals surface area (Å²) in [6.45, 7) is 12.6. The third-order valence-electron chi connectivity index (χ3n) is 2.79. The molecule has 1 aromatic rings. The largest absolute Gasteiger partial charge is 0.369 e. The van der Waals surface area contributed by atoms with E-state index >= 15 is 0 Å². The van der Waals surface area contributed by atoms with Gasteiger partial charge in [0.2, 0.25) is 0 Å². The molecule has 1 heterocycles. The Bertz CT molecular complexity index is 335. The van der Waals surface area contributed by atoms with Crippen molar-refractivity contribution in [3.8, 4) is 6.07 Å². The monoisotopic (exact) mass is 261 g/mol. The lowest BCUT2D eigenvalue weighted by molar-refractivity contribution is 0.287. The van der Waals surface area contributed by atoms with Gasteiger partial charge in [-0.1, -0.05) is 45.9 Å². The van der Waals surface area contributed by atoms with Crippen molar-refractivity contribution in [2.24, 2.45) is 0 Å². The van der Waals surface area contributed by atoms with Gasteiger partial charge in [0.1, 0.15) is 0 Å². The van der Waals surface area contributed by atoms with Gasteiger partial charge in [-0.2, -0.15) is 5.26 Å². The summed E-state index contributed by atoms with van der Waals surface area (Å²) in [5.41, 5.74) is 1.29. The van der Waals surface area contributed by atoms with Gasteiger partial charge in [-0.3, -0.25) is 4.90 Å². The van der Waals surface area contributed by atoms with E-state index in [1.807, 2.05) is 33.8 Å². The van der Waals surface area contributed by atoms with Gasteiger partial charge in [-0.05, 0) is 12.1 Å². The summed E-state index contributed by atoms with van der Waals surface area (Å²) < 4.78 is 0. The molecule has 3 nitrogen and oxygen atoms in total. The van der Waals surface area contributed by atoms with Crippen LogP contribution in [0.1, 0.15) is 27.7 Å². The first-order valence-electron chi connectivity index (χ1n) is 7.29. The van der Waals surface area contributed by atoms with Gasteiger partial charge >= 0.3 is 0 Å². The maximum absolute atomic E-state index is 8.60. The van der Waals surface area contributed by atoms with E-state index in [0.29, 0.717) is 6.54 Å². The van der Waals surface area contributed by atoms with Gasteiger partial charge in [-0.15, -0.1) is 0 Å². The second-order valence-electron chi connectivity index (χ2n) is 3.76. The molecule has 0 aromatic heterocycles. The normalized spacial score (nSPS) is 14.4. The molecule has 0 atom stereocenters. The number of rotatable bonds is 2. The molecule has 3 heteroatoms. The second kappa shape index (κ2) is 11.6. The lowest BCUT2D eigenvalue weighted by atomic mass is 10.2. The summed E-state index contributed by atoms with van der Waals surface area (Å²) in [6, 6.07) is 12.6. The van der Waals surface area contributed by atoms with Crippen molar-refractivity contribution >= 4 is 5.69 Å². The van der Waals surface area contributed by atoms with Crippen LogP contribution in [0.2, 0.25) is 0 Å². The number of nitriles is 1. The van der Waals surface area contributed by atoms with Gasteiger partial charge in [0.05, 0.1) is 12.6 Å². The first kappa shape index (κ1) is 17.5. The van der Waals surface area contributed by atoms with Gasteiger partial charge in [0, 0.05) is 31.9 Å². The van der Waals surface area contributed by atoms with Crippen LogP contribution in [0, 0.1) is 11.3 Å². The number of para-hydroxylation sites is 1. The van der Waals surface area contributed by atoms with E-state index in [-0.39, 0.29) is 0 Å². The van der Waals surface area contributed by atoms with Crippen molar-refractivity contribution in [3.63, 3.8) is 0 Å². The third-order valence-corrected chi connectivity index (χ3v) is 2.79. The maximum atomic E-state index is 8.60. The Morgan fingerprint density at radius 2 is 1.47 bits per heavy atom. The third kappa shape index (κ3) is 6.26. The molecule has 106 valence electrons. The molecule has 1 aliphatic rings. The number of nitrogens with zero attached hydrogens (tertiary/aromatic N) is 3. The van der Waals surface area contributed by atoms with E-state index in [1.54, 1.807) is 0 Å². The smallest absolute Gasteiger partial charge is 0.0867 e. The average molecular weight is 261 g/mol. The average Bonchev–Trinajstić information content (AvgIpc) is 2.53. The number of anilines is 1. The minimum absolute atomic E-state index is 0.558. The number of hydrogen-bond donors (Lipinski definition) is 0. The minimum atomic E-state index is 0.558. The number of benzene rings is 1. The van der Waals surface area contributed by atoms with Crippen LogP contribution in [0.3, 0.4) is 0 Å². The minimum Gasteiger partial charge on any atom is -0.369 e. The summed E-state index contributed by atoms with van der Waals surface area (Å²) in [4.78, 5) is 4.56. The summed E-state index contributed by atoms with van der Waals surface area (Å²) >= 11 is 0. The van der Waals surface area contributed by atoms with Gasteiger partial charge < -0.3 is 4.90 Å². The van der Waals surface area contributed by atoms with E-state index in [2.05, 4.69) is 40.1 Å². The fourth-order valence-electron chi connectivity index (χ4n) is 1.90. The Hall–Kier alpha value is -1.53. The Morgan fingerprint density at radius 1 is 0.947 bits per heavy atom. The van der Waals surface area contributed by atoms with E-state index in [0.717, 1.165) is 26.2 Å². The maximum Gasteiger partial charge on any atom is 0.0867 e. The first-order valence-corrected chi connectivity index (χ1v) is 7.29. The topological polar surface area (TPSA) is 30.3 Å². The number of hydrogen-bond acceptors (Lipinski definition) is 3. The Morgan fingerprint density at radius 3 is 1.95 bits per heavy atom. The highest BCUT2D eigenvalue weighted by Crippen LogP contribution is 2.14. The molecule has 1 saturated heterocycles. The summed E-state index contributed by atoms with van der Waals surface area (Å²) in [5.74, 6) is 0. The van der Waals surface area contributed by atoms with Crippen LogP contribution >= 0.6 is 0 Å². The molecular weight excluding hydrogens is 234 g/mol. The molecule has 0 N–H and O–H groups in total. The van der Waals surface area contributed by atoms with Crippen LogP contribution in [0.5, 0.6) is 0 Å². The van der Waals surface area contributed by atoms with Crippen LogP contribution in [0.15, 0.2) is 30.3 Å². The summed E-state index contributed by atoms with van der Waals surface area (Å²) in [7, 11) is 0. The molecule has 1 fully saturated rings. The SMILES string of the molecule is CC.CC.N#CCN1CCN(c2ccccc2)CC1. The second-order valence-corrected chi connectivity index (χ2v) is 3.76. The molecule has 1 aliphatic heterocycles. The van der Waals surface area contributed by atoms with Gasteiger partial charge in [0.15, 0.2) is 0 Å². The Balaban J connectivity index is 0.000000741. The molecule has 0 spiro atoms. The molecule has 0 amide bonds. The molecule has 0 saturated carbocycles. The van der Waals surface area contributed by atoms with Crippen molar-refractivity contribution in [1.29, 1.82) is 5.26 Å². The predicted molar refractivity (Wildman–Crippen MR) is 83.4 cm³/mol. The van der Waals surface area contributed by atoms with Crippen LogP contribution in [-0.2, 0) is 0 Å². The standard InChI is InChI=1S/C12H15N3.2C2H6/c13-6-7-14-8-10-15(11-9-14)12-4-2-1-3-5-12;2*1-2/h1-5H,7-11H2;2*1-2H3. The Kier molecular flexibility index (Phi) is 10.6. The van der Waals surface area contributed by atoms with Crippen LogP contribution < -0.4 is 4.90 Å². The van der Waals surface area contributed by atoms with Crippen molar-refractivity contribution in [2.45, 2.75) is 27.7 Å². The van der Waals surface area contributed by atoms with E-state index < -0.39 is 0 Å². The zero-order valence-corrected chi connectivity index (χ0v) is 12.8. The van der Waals surface area contributed by atoms with Crippen molar-refractivity contribution < 1.29 is 0 Å².